The molecule has 1 unspecified atom stereocenters. The van der Waals surface area contributed by atoms with E-state index in [-0.39, 0.29) is 0 Å². The predicted octanol–water partition coefficient (Wildman–Crippen LogP) is 1.91. The molecule has 3 nitrogen and oxygen atoms in total. The molecule has 5 heteroatoms. The molecular weight excluding hydrogens is 232 g/mol. The minimum Gasteiger partial charge on any atom is -0.386 e. The zero-order chi connectivity index (χ0) is 11.9. The Bertz CT molecular complexity index is 443. The molecule has 1 heterocycles. The zero-order valence-corrected chi connectivity index (χ0v) is 10.9. The van der Waals surface area contributed by atoms with Gasteiger partial charge in [-0.25, -0.2) is 8.42 Å². The van der Waals surface area contributed by atoms with Crippen molar-refractivity contribution in [3.05, 3.63) is 21.9 Å². The average Bonchev–Trinajstić information content (AvgIpc) is 2.48. The van der Waals surface area contributed by atoms with E-state index in [1.807, 2.05) is 18.4 Å². The van der Waals surface area contributed by atoms with Gasteiger partial charge in [-0.2, -0.15) is 0 Å². The van der Waals surface area contributed by atoms with Gasteiger partial charge in [0.2, 0.25) is 0 Å². The van der Waals surface area contributed by atoms with E-state index < -0.39 is 20.7 Å². The summed E-state index contributed by atoms with van der Waals surface area (Å²) in [7, 11) is -3.29. The molecule has 86 valence electrons. The van der Waals surface area contributed by atoms with Crippen LogP contribution in [0.1, 0.15) is 30.4 Å². The summed E-state index contributed by atoms with van der Waals surface area (Å²) in [6.07, 6.45) is 0.187. The molecule has 0 amide bonds. The van der Waals surface area contributed by atoms with Crippen LogP contribution in [-0.2, 0) is 9.84 Å². The fourth-order valence-corrected chi connectivity index (χ4v) is 2.88. The summed E-state index contributed by atoms with van der Waals surface area (Å²) in [5.74, 6) is 0. The molecule has 0 radical (unpaired) electrons. The predicted molar refractivity (Wildman–Crippen MR) is 62.9 cm³/mol. The van der Waals surface area contributed by atoms with Gasteiger partial charge >= 0.3 is 0 Å². The summed E-state index contributed by atoms with van der Waals surface area (Å²) in [5, 5.41) is 11.9. The fourth-order valence-electron chi connectivity index (χ4n) is 1.18. The molecule has 0 saturated carbocycles. The van der Waals surface area contributed by atoms with E-state index in [9.17, 15) is 13.5 Å². The number of aliphatic hydroxyl groups excluding tert-OH is 1. The summed E-state index contributed by atoms with van der Waals surface area (Å²) in [5.41, 5.74) is 0.934. The lowest BCUT2D eigenvalue weighted by atomic mass is 10.0. The van der Waals surface area contributed by atoms with Crippen LogP contribution in [0.5, 0.6) is 0 Å². The van der Waals surface area contributed by atoms with Crippen molar-refractivity contribution in [2.75, 3.05) is 6.26 Å². The van der Waals surface area contributed by atoms with Gasteiger partial charge < -0.3 is 5.11 Å². The fraction of sp³-hybridized carbons (Fsp3) is 0.600. The normalized spacial score (nSPS) is 15.3. The van der Waals surface area contributed by atoms with Gasteiger partial charge in [-0.3, -0.25) is 0 Å². The highest BCUT2D eigenvalue weighted by Crippen LogP contribution is 2.36. The minimum absolute atomic E-state index is 0.727. The molecule has 1 N–H and O–H groups in total. The van der Waals surface area contributed by atoms with Crippen molar-refractivity contribution in [2.24, 2.45) is 0 Å². The van der Waals surface area contributed by atoms with Crippen LogP contribution in [0.25, 0.3) is 0 Å². The average molecular weight is 248 g/mol. The number of aliphatic hydroxyl groups is 1. The molecule has 1 aromatic heterocycles. The van der Waals surface area contributed by atoms with Gasteiger partial charge in [0.15, 0.2) is 9.84 Å². The highest BCUT2D eigenvalue weighted by Gasteiger charge is 2.40. The van der Waals surface area contributed by atoms with E-state index in [0.717, 1.165) is 16.7 Å². The summed E-state index contributed by atoms with van der Waals surface area (Å²) in [6, 6.07) is 1.88. The van der Waals surface area contributed by atoms with Crippen molar-refractivity contribution in [1.82, 2.24) is 0 Å². The molecule has 0 bridgehead atoms. The molecule has 1 atom stereocenters. The lowest BCUT2D eigenvalue weighted by molar-refractivity contribution is 0.142. The Kier molecular flexibility index (Phi) is 3.28. The van der Waals surface area contributed by atoms with Crippen molar-refractivity contribution >= 4 is 21.2 Å². The van der Waals surface area contributed by atoms with Crippen LogP contribution < -0.4 is 0 Å². The first kappa shape index (κ1) is 12.7. The molecule has 0 aliphatic carbocycles. The van der Waals surface area contributed by atoms with Crippen LogP contribution >= 0.6 is 11.3 Å². The van der Waals surface area contributed by atoms with E-state index in [4.69, 9.17) is 0 Å². The molecule has 15 heavy (non-hydrogen) atoms. The van der Waals surface area contributed by atoms with Crippen LogP contribution in [0.4, 0.5) is 0 Å². The second-order valence-electron chi connectivity index (χ2n) is 4.25. The number of rotatable bonds is 3. The van der Waals surface area contributed by atoms with Gasteiger partial charge in [0.25, 0.3) is 0 Å². The third kappa shape index (κ3) is 2.24. The highest BCUT2D eigenvalue weighted by atomic mass is 32.2. The van der Waals surface area contributed by atoms with Crippen LogP contribution in [0.3, 0.4) is 0 Å². The third-order valence-corrected chi connectivity index (χ3v) is 5.97. The largest absolute Gasteiger partial charge is 0.386 e. The zero-order valence-electron chi connectivity index (χ0n) is 9.31. The molecule has 1 rings (SSSR count). The lowest BCUT2D eigenvalue weighted by Gasteiger charge is -2.28. The number of sulfone groups is 1. The Morgan fingerprint density at radius 3 is 2.33 bits per heavy atom. The maximum atomic E-state index is 11.5. The van der Waals surface area contributed by atoms with Gasteiger partial charge in [-0.15, -0.1) is 11.3 Å². The number of thiophene rings is 1. The van der Waals surface area contributed by atoms with E-state index in [0.29, 0.717) is 0 Å². The van der Waals surface area contributed by atoms with Crippen molar-refractivity contribution in [2.45, 2.75) is 31.6 Å². The van der Waals surface area contributed by atoms with Gasteiger partial charge in [0.1, 0.15) is 6.10 Å². The lowest BCUT2D eigenvalue weighted by Crippen LogP contribution is -2.37. The molecule has 0 fully saturated rings. The second kappa shape index (κ2) is 3.88. The van der Waals surface area contributed by atoms with Gasteiger partial charge in [0.05, 0.1) is 4.75 Å². The molecule has 0 aliphatic rings. The summed E-state index contributed by atoms with van der Waals surface area (Å²) in [4.78, 5) is 0.727. The van der Waals surface area contributed by atoms with Crippen LogP contribution in [-0.4, -0.2) is 24.5 Å². The van der Waals surface area contributed by atoms with Crippen molar-refractivity contribution in [3.8, 4) is 0 Å². The van der Waals surface area contributed by atoms with E-state index >= 15 is 0 Å². The Morgan fingerprint density at radius 2 is 2.00 bits per heavy atom. The molecule has 0 saturated heterocycles. The molecule has 1 aromatic rings. The Labute approximate surface area is 94.7 Å². The van der Waals surface area contributed by atoms with Crippen LogP contribution in [0.15, 0.2) is 11.4 Å². The van der Waals surface area contributed by atoms with Crippen LogP contribution in [0, 0.1) is 6.92 Å². The van der Waals surface area contributed by atoms with Gasteiger partial charge in [0, 0.05) is 11.1 Å². The summed E-state index contributed by atoms with van der Waals surface area (Å²) >= 11 is 1.39. The van der Waals surface area contributed by atoms with Crippen molar-refractivity contribution in [3.63, 3.8) is 0 Å². The minimum atomic E-state index is -3.29. The Morgan fingerprint density at radius 1 is 1.47 bits per heavy atom. The third-order valence-electron chi connectivity index (χ3n) is 2.76. The summed E-state index contributed by atoms with van der Waals surface area (Å²) < 4.78 is 21.9. The van der Waals surface area contributed by atoms with Gasteiger partial charge in [-0.05, 0) is 37.8 Å². The quantitative estimate of drug-likeness (QED) is 0.889. The van der Waals surface area contributed by atoms with E-state index in [2.05, 4.69) is 0 Å². The molecule has 0 spiro atoms. The first-order chi connectivity index (χ1) is 6.68. The SMILES string of the molecule is Cc1ccsc1C(O)C(C)(C)S(C)(=O)=O. The van der Waals surface area contributed by atoms with Crippen LogP contribution in [0.2, 0.25) is 0 Å². The Balaban J connectivity index is 3.16. The van der Waals surface area contributed by atoms with Gasteiger partial charge in [-0.1, -0.05) is 0 Å². The molecular formula is C10H16O3S2. The standard InChI is InChI=1S/C10H16O3S2/c1-7-5-6-14-8(7)9(11)10(2,3)15(4,12)13/h5-6,9,11H,1-4H3. The first-order valence-electron chi connectivity index (χ1n) is 4.59. The topological polar surface area (TPSA) is 54.4 Å². The number of hydrogen-bond donors (Lipinski definition) is 1. The summed E-state index contributed by atoms with van der Waals surface area (Å²) in [6.45, 7) is 4.96. The van der Waals surface area contributed by atoms with Crippen molar-refractivity contribution in [1.29, 1.82) is 0 Å². The number of aryl methyl sites for hydroxylation is 1. The first-order valence-corrected chi connectivity index (χ1v) is 7.36. The van der Waals surface area contributed by atoms with E-state index in [1.165, 1.54) is 11.3 Å². The monoisotopic (exact) mass is 248 g/mol. The highest BCUT2D eigenvalue weighted by molar-refractivity contribution is 7.92. The maximum absolute atomic E-state index is 11.5. The second-order valence-corrected chi connectivity index (χ2v) is 7.79. The smallest absolute Gasteiger partial charge is 0.155 e. The molecule has 0 aromatic carbocycles. The van der Waals surface area contributed by atoms with E-state index in [1.54, 1.807) is 13.8 Å². The maximum Gasteiger partial charge on any atom is 0.155 e. The molecule has 0 aliphatic heterocycles. The van der Waals surface area contributed by atoms with Crippen molar-refractivity contribution < 1.29 is 13.5 Å². The Hall–Kier alpha value is -0.390. The number of hydrogen-bond acceptors (Lipinski definition) is 4.